The van der Waals surface area contributed by atoms with Crippen LogP contribution < -0.4 is 11.3 Å². The van der Waals surface area contributed by atoms with Crippen LogP contribution in [0.5, 0.6) is 0 Å². The molecular weight excluding hydrogens is 202 g/mol. The molecule has 1 fully saturated rings. The number of nitrogens with two attached hydrogens (primary N) is 1. The van der Waals surface area contributed by atoms with Crippen LogP contribution in [0, 0.1) is 23.7 Å². The highest BCUT2D eigenvalue weighted by Crippen LogP contribution is 2.49. The summed E-state index contributed by atoms with van der Waals surface area (Å²) in [6, 6.07) is 3.74. The molecule has 4 heteroatoms. The van der Waals surface area contributed by atoms with Crippen molar-refractivity contribution < 1.29 is 0 Å². The summed E-state index contributed by atoms with van der Waals surface area (Å²) in [5.41, 5.74) is 7.22. The van der Waals surface area contributed by atoms with E-state index in [4.69, 9.17) is 11.0 Å². The van der Waals surface area contributed by atoms with E-state index >= 15 is 0 Å². The Morgan fingerprint density at radius 2 is 2.31 bits per heavy atom. The lowest BCUT2D eigenvalue weighted by atomic mass is 10.0. The third kappa shape index (κ3) is 1.94. The highest BCUT2D eigenvalue weighted by atomic mass is 16.1. The molecule has 0 atom stereocenters. The van der Waals surface area contributed by atoms with Crippen molar-refractivity contribution in [3.63, 3.8) is 0 Å². The first-order valence-corrected chi connectivity index (χ1v) is 5.40. The van der Waals surface area contributed by atoms with Crippen LogP contribution in [0.25, 0.3) is 0 Å². The van der Waals surface area contributed by atoms with Gasteiger partial charge in [-0.15, -0.1) is 0 Å². The van der Waals surface area contributed by atoms with Gasteiger partial charge in [0.15, 0.2) is 0 Å². The Kier molecular flexibility index (Phi) is 2.47. The standard InChI is InChI=1S/C12H15N3O/c1-9-6-11(16)15(7-10(9)14)8-12(2-3-12)4-5-13/h6-7H,2-4,8,14H2,1H3. The number of nitrogen functional groups attached to an aromatic ring is 1. The van der Waals surface area contributed by atoms with E-state index in [9.17, 15) is 4.79 Å². The van der Waals surface area contributed by atoms with E-state index < -0.39 is 0 Å². The van der Waals surface area contributed by atoms with Crippen LogP contribution in [0.1, 0.15) is 24.8 Å². The fourth-order valence-electron chi connectivity index (χ4n) is 1.90. The van der Waals surface area contributed by atoms with Gasteiger partial charge in [-0.1, -0.05) is 0 Å². The minimum absolute atomic E-state index is 0.0281. The van der Waals surface area contributed by atoms with Gasteiger partial charge in [-0.05, 0) is 25.3 Å². The van der Waals surface area contributed by atoms with E-state index in [1.807, 2.05) is 6.92 Å². The van der Waals surface area contributed by atoms with Crippen molar-refractivity contribution in [2.45, 2.75) is 32.7 Å². The number of nitriles is 1. The van der Waals surface area contributed by atoms with Gasteiger partial charge in [0.2, 0.25) is 0 Å². The highest BCUT2D eigenvalue weighted by Gasteiger charge is 2.42. The van der Waals surface area contributed by atoms with Crippen molar-refractivity contribution in [3.05, 3.63) is 28.2 Å². The lowest BCUT2D eigenvalue weighted by Gasteiger charge is -2.14. The molecule has 2 N–H and O–H groups in total. The summed E-state index contributed by atoms with van der Waals surface area (Å²) in [6.45, 7) is 2.44. The second-order valence-electron chi connectivity index (χ2n) is 4.71. The van der Waals surface area contributed by atoms with E-state index in [1.165, 1.54) is 0 Å². The number of hydrogen-bond donors (Lipinski definition) is 1. The normalized spacial score (nSPS) is 16.8. The fourth-order valence-corrected chi connectivity index (χ4v) is 1.90. The molecule has 0 unspecified atom stereocenters. The van der Waals surface area contributed by atoms with Gasteiger partial charge in [-0.3, -0.25) is 4.79 Å². The Hall–Kier alpha value is -1.76. The van der Waals surface area contributed by atoms with Crippen molar-refractivity contribution in [1.82, 2.24) is 4.57 Å². The van der Waals surface area contributed by atoms with Crippen LogP contribution in [-0.4, -0.2) is 4.57 Å². The zero-order valence-corrected chi connectivity index (χ0v) is 9.36. The molecule has 0 saturated heterocycles. The number of rotatable bonds is 3. The highest BCUT2D eigenvalue weighted by molar-refractivity contribution is 5.43. The average molecular weight is 217 g/mol. The molecule has 0 spiro atoms. The molecule has 1 aromatic rings. The molecule has 1 saturated carbocycles. The molecule has 0 aromatic carbocycles. The Balaban J connectivity index is 2.26. The maximum Gasteiger partial charge on any atom is 0.250 e. The molecule has 1 aliphatic carbocycles. The molecule has 0 bridgehead atoms. The van der Waals surface area contributed by atoms with Gasteiger partial charge >= 0.3 is 0 Å². The third-order valence-electron chi connectivity index (χ3n) is 3.29. The number of nitrogens with zero attached hydrogens (tertiary/aromatic N) is 2. The summed E-state index contributed by atoms with van der Waals surface area (Å²) < 4.78 is 1.63. The Bertz CT molecular complexity index is 506. The zero-order chi connectivity index (χ0) is 11.8. The maximum atomic E-state index is 11.7. The van der Waals surface area contributed by atoms with Crippen LogP contribution >= 0.6 is 0 Å². The number of aromatic nitrogens is 1. The second-order valence-corrected chi connectivity index (χ2v) is 4.71. The van der Waals surface area contributed by atoms with Gasteiger partial charge < -0.3 is 10.3 Å². The first-order chi connectivity index (χ1) is 7.56. The van der Waals surface area contributed by atoms with Gasteiger partial charge in [-0.25, -0.2) is 0 Å². The van der Waals surface area contributed by atoms with Gasteiger partial charge in [-0.2, -0.15) is 5.26 Å². The molecule has 1 aliphatic rings. The lowest BCUT2D eigenvalue weighted by molar-refractivity contribution is 0.424. The topological polar surface area (TPSA) is 71.8 Å². The molecule has 0 amide bonds. The molecule has 16 heavy (non-hydrogen) atoms. The molecule has 84 valence electrons. The summed E-state index contributed by atoms with van der Waals surface area (Å²) in [6.07, 6.45) is 4.27. The maximum absolute atomic E-state index is 11.7. The number of aryl methyl sites for hydroxylation is 1. The van der Waals surface area contributed by atoms with E-state index in [1.54, 1.807) is 16.8 Å². The Labute approximate surface area is 94.3 Å². The zero-order valence-electron chi connectivity index (χ0n) is 9.36. The predicted molar refractivity (Wildman–Crippen MR) is 61.7 cm³/mol. The molecule has 1 aromatic heterocycles. The fraction of sp³-hybridized carbons (Fsp3) is 0.500. The van der Waals surface area contributed by atoms with Crippen LogP contribution in [0.3, 0.4) is 0 Å². The quantitative estimate of drug-likeness (QED) is 0.832. The minimum atomic E-state index is -0.0316. The summed E-state index contributed by atoms with van der Waals surface area (Å²) in [7, 11) is 0. The van der Waals surface area contributed by atoms with E-state index in [2.05, 4.69) is 6.07 Å². The van der Waals surface area contributed by atoms with Crippen molar-refractivity contribution in [1.29, 1.82) is 5.26 Å². The molecular formula is C12H15N3O. The smallest absolute Gasteiger partial charge is 0.250 e. The Morgan fingerprint density at radius 3 is 2.88 bits per heavy atom. The van der Waals surface area contributed by atoms with E-state index in [-0.39, 0.29) is 11.0 Å². The molecule has 0 radical (unpaired) electrons. The summed E-state index contributed by atoms with van der Waals surface area (Å²) >= 11 is 0. The van der Waals surface area contributed by atoms with Crippen molar-refractivity contribution in [2.75, 3.05) is 5.73 Å². The monoisotopic (exact) mass is 217 g/mol. The summed E-state index contributed by atoms with van der Waals surface area (Å²) in [4.78, 5) is 11.7. The van der Waals surface area contributed by atoms with Gasteiger partial charge in [0.05, 0.1) is 11.8 Å². The minimum Gasteiger partial charge on any atom is -0.397 e. The first-order valence-electron chi connectivity index (χ1n) is 5.40. The molecule has 4 nitrogen and oxygen atoms in total. The van der Waals surface area contributed by atoms with Gasteiger partial charge in [0.1, 0.15) is 0 Å². The van der Waals surface area contributed by atoms with Crippen molar-refractivity contribution in [2.24, 2.45) is 5.41 Å². The molecule has 2 rings (SSSR count). The molecule has 0 aliphatic heterocycles. The second kappa shape index (κ2) is 3.67. The number of anilines is 1. The van der Waals surface area contributed by atoms with Crippen molar-refractivity contribution >= 4 is 5.69 Å². The number of pyridine rings is 1. The van der Waals surface area contributed by atoms with Crippen LogP contribution in [0.2, 0.25) is 0 Å². The van der Waals surface area contributed by atoms with Crippen LogP contribution in [0.4, 0.5) is 5.69 Å². The molecule has 1 heterocycles. The van der Waals surface area contributed by atoms with Gasteiger partial charge in [0.25, 0.3) is 5.56 Å². The van der Waals surface area contributed by atoms with Crippen LogP contribution in [0.15, 0.2) is 17.1 Å². The van der Waals surface area contributed by atoms with Crippen LogP contribution in [-0.2, 0) is 6.54 Å². The van der Waals surface area contributed by atoms with Gasteiger partial charge in [0, 0.05) is 30.6 Å². The number of hydrogen-bond acceptors (Lipinski definition) is 3. The average Bonchev–Trinajstić information content (AvgIpc) is 2.95. The Morgan fingerprint density at radius 1 is 1.62 bits per heavy atom. The van der Waals surface area contributed by atoms with E-state index in [0.717, 1.165) is 18.4 Å². The predicted octanol–water partition coefficient (Wildman–Crippen LogP) is 1.43. The SMILES string of the molecule is Cc1cc(=O)n(CC2(CC#N)CC2)cc1N. The lowest BCUT2D eigenvalue weighted by Crippen LogP contribution is -2.24. The van der Waals surface area contributed by atoms with E-state index in [0.29, 0.717) is 18.7 Å². The first kappa shape index (κ1) is 10.7. The largest absolute Gasteiger partial charge is 0.397 e. The van der Waals surface area contributed by atoms with Crippen molar-refractivity contribution in [3.8, 4) is 6.07 Å². The summed E-state index contributed by atoms with van der Waals surface area (Å²) in [5, 5.41) is 8.73. The third-order valence-corrected chi connectivity index (χ3v) is 3.29. The summed E-state index contributed by atoms with van der Waals surface area (Å²) in [5.74, 6) is 0.